The standard InChI is InChI=1S/C12H16N2/c1-2-4-11(5-3-1)14-9-10-6-7-12(14)8-13-10/h1-5,10,12-13H,6-9H2/t10-,12-/m0/s1. The van der Waals surface area contributed by atoms with Crippen molar-refractivity contribution in [3.63, 3.8) is 0 Å². The Morgan fingerprint density at radius 2 is 2.00 bits per heavy atom. The van der Waals surface area contributed by atoms with Gasteiger partial charge in [-0.05, 0) is 25.0 Å². The fourth-order valence-electron chi connectivity index (χ4n) is 2.64. The molecule has 2 heteroatoms. The molecular formula is C12H16N2. The lowest BCUT2D eigenvalue weighted by molar-refractivity contribution is 0.290. The molecule has 0 aliphatic carbocycles. The predicted molar refractivity (Wildman–Crippen MR) is 58.6 cm³/mol. The monoisotopic (exact) mass is 188 g/mol. The third-order valence-electron chi connectivity index (χ3n) is 3.44. The Hall–Kier alpha value is -1.02. The van der Waals surface area contributed by atoms with E-state index in [4.69, 9.17) is 0 Å². The van der Waals surface area contributed by atoms with Gasteiger partial charge in [0.05, 0.1) is 0 Å². The van der Waals surface area contributed by atoms with E-state index in [1.54, 1.807) is 0 Å². The molecule has 1 aromatic rings. The highest BCUT2D eigenvalue weighted by molar-refractivity contribution is 5.48. The molecule has 0 aromatic heterocycles. The molecule has 0 spiro atoms. The maximum absolute atomic E-state index is 3.58. The van der Waals surface area contributed by atoms with Gasteiger partial charge in [0.2, 0.25) is 0 Å². The quantitative estimate of drug-likeness (QED) is 0.720. The summed E-state index contributed by atoms with van der Waals surface area (Å²) in [7, 11) is 0. The van der Waals surface area contributed by atoms with Gasteiger partial charge in [-0.1, -0.05) is 18.2 Å². The van der Waals surface area contributed by atoms with Crippen molar-refractivity contribution in [1.29, 1.82) is 0 Å². The Morgan fingerprint density at radius 1 is 1.14 bits per heavy atom. The summed E-state index contributed by atoms with van der Waals surface area (Å²) in [6, 6.07) is 12.2. The molecule has 74 valence electrons. The number of hydrogen-bond acceptors (Lipinski definition) is 2. The molecule has 2 nitrogen and oxygen atoms in total. The number of nitrogens with zero attached hydrogens (tertiary/aromatic N) is 1. The number of para-hydroxylation sites is 1. The van der Waals surface area contributed by atoms with Gasteiger partial charge in [0.15, 0.2) is 0 Å². The van der Waals surface area contributed by atoms with Crippen LogP contribution in [0.25, 0.3) is 0 Å². The van der Waals surface area contributed by atoms with Crippen molar-refractivity contribution >= 4 is 5.69 Å². The minimum absolute atomic E-state index is 0.722. The molecule has 0 amide bonds. The summed E-state index contributed by atoms with van der Waals surface area (Å²) in [6.45, 7) is 2.36. The molecule has 3 heterocycles. The summed E-state index contributed by atoms with van der Waals surface area (Å²) in [6.07, 6.45) is 2.71. The molecular weight excluding hydrogens is 172 g/mol. The van der Waals surface area contributed by atoms with Crippen LogP contribution in [-0.2, 0) is 0 Å². The van der Waals surface area contributed by atoms with Crippen molar-refractivity contribution in [3.05, 3.63) is 30.3 Å². The van der Waals surface area contributed by atoms with Crippen LogP contribution in [-0.4, -0.2) is 25.2 Å². The minimum atomic E-state index is 0.722. The number of benzene rings is 1. The van der Waals surface area contributed by atoms with E-state index in [0.29, 0.717) is 0 Å². The van der Waals surface area contributed by atoms with E-state index >= 15 is 0 Å². The molecule has 3 aliphatic rings. The van der Waals surface area contributed by atoms with Crippen LogP contribution in [0.15, 0.2) is 30.3 Å². The first-order valence-corrected chi connectivity index (χ1v) is 5.48. The van der Waals surface area contributed by atoms with Crippen molar-refractivity contribution in [2.45, 2.75) is 24.9 Å². The van der Waals surface area contributed by atoms with Crippen LogP contribution in [0.5, 0.6) is 0 Å². The highest BCUT2D eigenvalue weighted by Crippen LogP contribution is 2.27. The maximum atomic E-state index is 3.58. The smallest absolute Gasteiger partial charge is 0.0415 e. The van der Waals surface area contributed by atoms with Crippen LogP contribution in [0.3, 0.4) is 0 Å². The van der Waals surface area contributed by atoms with Crippen LogP contribution in [0.2, 0.25) is 0 Å². The summed E-state index contributed by atoms with van der Waals surface area (Å²) in [5, 5.41) is 3.58. The first-order chi connectivity index (χ1) is 6.93. The number of rotatable bonds is 1. The molecule has 4 rings (SSSR count). The number of piperazine rings is 1. The third-order valence-corrected chi connectivity index (χ3v) is 3.44. The largest absolute Gasteiger partial charge is 0.366 e. The van der Waals surface area contributed by atoms with Gasteiger partial charge >= 0.3 is 0 Å². The van der Waals surface area contributed by atoms with E-state index in [0.717, 1.165) is 12.1 Å². The van der Waals surface area contributed by atoms with Gasteiger partial charge < -0.3 is 10.2 Å². The van der Waals surface area contributed by atoms with Gasteiger partial charge in [0, 0.05) is 30.9 Å². The SMILES string of the molecule is c1ccc(N2C[C@@H]3CC[C@H]2CN3)cc1. The van der Waals surface area contributed by atoms with E-state index in [1.807, 2.05) is 0 Å². The summed E-state index contributed by atoms with van der Waals surface area (Å²) in [5.41, 5.74) is 1.39. The number of fused-ring (bicyclic) bond motifs is 3. The van der Waals surface area contributed by atoms with Crippen LogP contribution < -0.4 is 10.2 Å². The predicted octanol–water partition coefficient (Wildman–Crippen LogP) is 1.63. The first-order valence-electron chi connectivity index (χ1n) is 5.48. The average molecular weight is 188 g/mol. The van der Waals surface area contributed by atoms with Crippen molar-refractivity contribution in [2.24, 2.45) is 0 Å². The van der Waals surface area contributed by atoms with E-state index in [9.17, 15) is 0 Å². The average Bonchev–Trinajstić information content (AvgIpc) is 2.32. The van der Waals surface area contributed by atoms with Crippen molar-refractivity contribution < 1.29 is 0 Å². The van der Waals surface area contributed by atoms with E-state index in [1.165, 1.54) is 31.6 Å². The Balaban J connectivity index is 1.86. The number of anilines is 1. The molecule has 14 heavy (non-hydrogen) atoms. The van der Waals surface area contributed by atoms with Gasteiger partial charge in [-0.25, -0.2) is 0 Å². The molecule has 1 aromatic carbocycles. The normalized spacial score (nSPS) is 30.7. The van der Waals surface area contributed by atoms with Gasteiger partial charge in [-0.3, -0.25) is 0 Å². The molecule has 0 unspecified atom stereocenters. The number of piperidine rings is 2. The topological polar surface area (TPSA) is 15.3 Å². The van der Waals surface area contributed by atoms with Gasteiger partial charge in [-0.2, -0.15) is 0 Å². The van der Waals surface area contributed by atoms with Crippen molar-refractivity contribution in [2.75, 3.05) is 18.0 Å². The minimum Gasteiger partial charge on any atom is -0.366 e. The summed E-state index contributed by atoms with van der Waals surface area (Å²) < 4.78 is 0. The van der Waals surface area contributed by atoms with E-state index in [2.05, 4.69) is 40.5 Å². The zero-order valence-corrected chi connectivity index (χ0v) is 8.32. The molecule has 2 atom stereocenters. The molecule has 3 fully saturated rings. The Kier molecular flexibility index (Phi) is 1.95. The number of hydrogen-bond donors (Lipinski definition) is 1. The zero-order chi connectivity index (χ0) is 9.38. The van der Waals surface area contributed by atoms with Crippen molar-refractivity contribution in [1.82, 2.24) is 5.32 Å². The van der Waals surface area contributed by atoms with Crippen molar-refractivity contribution in [3.8, 4) is 0 Å². The second kappa shape index (κ2) is 3.28. The van der Waals surface area contributed by atoms with Crippen LogP contribution >= 0.6 is 0 Å². The van der Waals surface area contributed by atoms with Crippen LogP contribution in [0.1, 0.15) is 12.8 Å². The Labute approximate surface area is 84.9 Å². The van der Waals surface area contributed by atoms with Gasteiger partial charge in [-0.15, -0.1) is 0 Å². The fourth-order valence-corrected chi connectivity index (χ4v) is 2.64. The first kappa shape index (κ1) is 8.30. The maximum Gasteiger partial charge on any atom is 0.0415 e. The van der Waals surface area contributed by atoms with Gasteiger partial charge in [0.1, 0.15) is 0 Å². The lowest BCUT2D eigenvalue weighted by atomic mass is 9.92. The Bertz CT molecular complexity index is 301. The second-order valence-electron chi connectivity index (χ2n) is 4.32. The van der Waals surface area contributed by atoms with E-state index < -0.39 is 0 Å². The molecule has 2 bridgehead atoms. The lowest BCUT2D eigenvalue weighted by Gasteiger charge is -2.47. The third kappa shape index (κ3) is 1.30. The fraction of sp³-hybridized carbons (Fsp3) is 0.500. The highest BCUT2D eigenvalue weighted by atomic mass is 15.2. The van der Waals surface area contributed by atoms with Crippen LogP contribution in [0.4, 0.5) is 5.69 Å². The highest BCUT2D eigenvalue weighted by Gasteiger charge is 2.33. The zero-order valence-electron chi connectivity index (χ0n) is 8.32. The van der Waals surface area contributed by atoms with Gasteiger partial charge in [0.25, 0.3) is 0 Å². The molecule has 1 N–H and O–H groups in total. The summed E-state index contributed by atoms with van der Waals surface area (Å²) in [4.78, 5) is 2.56. The molecule has 0 radical (unpaired) electrons. The molecule has 3 aliphatic heterocycles. The van der Waals surface area contributed by atoms with E-state index in [-0.39, 0.29) is 0 Å². The lowest BCUT2D eigenvalue weighted by Crippen LogP contribution is -2.61. The number of nitrogens with one attached hydrogen (secondary N) is 1. The van der Waals surface area contributed by atoms with Crippen LogP contribution in [0, 0.1) is 0 Å². The molecule has 3 saturated heterocycles. The Morgan fingerprint density at radius 3 is 2.57 bits per heavy atom. The molecule has 0 saturated carbocycles. The summed E-state index contributed by atoms with van der Waals surface area (Å²) >= 11 is 0. The second-order valence-corrected chi connectivity index (χ2v) is 4.32. The summed E-state index contributed by atoms with van der Waals surface area (Å²) in [5.74, 6) is 0.